The Morgan fingerprint density at radius 3 is 2.29 bits per heavy atom. The largest absolute Gasteiger partial charge is 0.493 e. The van der Waals surface area contributed by atoms with Gasteiger partial charge in [-0.05, 0) is 54.7 Å². The molecule has 1 aliphatic rings. The molecule has 41 heavy (non-hydrogen) atoms. The third-order valence-corrected chi connectivity index (χ3v) is 8.22. The molecule has 0 atom stereocenters. The quantitative estimate of drug-likeness (QED) is 0.154. The molecule has 8 heteroatoms. The van der Waals surface area contributed by atoms with Crippen LogP contribution >= 0.6 is 11.8 Å². The number of hydrogen-bond acceptors (Lipinski definition) is 7. The number of nitrogens with zero attached hydrogens (tertiary/aromatic N) is 4. The topological polar surface area (TPSA) is 67.8 Å². The first kappa shape index (κ1) is 28.5. The zero-order valence-electron chi connectivity index (χ0n) is 23.9. The van der Waals surface area contributed by atoms with Gasteiger partial charge in [0.1, 0.15) is 5.82 Å². The van der Waals surface area contributed by atoms with Gasteiger partial charge in [0.2, 0.25) is 0 Å². The number of anilines is 1. The highest BCUT2D eigenvalue weighted by Gasteiger charge is 2.19. The summed E-state index contributed by atoms with van der Waals surface area (Å²) in [7, 11) is 5.36. The zero-order valence-corrected chi connectivity index (χ0v) is 24.7. The van der Waals surface area contributed by atoms with Crippen LogP contribution in [-0.4, -0.2) is 61.7 Å². The minimum atomic E-state index is 0.126. The molecule has 1 aliphatic heterocycles. The fourth-order valence-corrected chi connectivity index (χ4v) is 5.68. The lowest BCUT2D eigenvalue weighted by Gasteiger charge is -2.20. The van der Waals surface area contributed by atoms with Crippen LogP contribution in [0.25, 0.3) is 11.3 Å². The average molecular weight is 569 g/mol. The fraction of sp³-hybridized carbons (Fsp3) is 0.303. The Kier molecular flexibility index (Phi) is 9.41. The van der Waals surface area contributed by atoms with Crippen molar-refractivity contribution in [2.75, 3.05) is 45.8 Å². The molecule has 2 heterocycles. The Bertz CT molecular complexity index is 1460. The summed E-state index contributed by atoms with van der Waals surface area (Å²) in [6.07, 6.45) is 3.01. The van der Waals surface area contributed by atoms with E-state index < -0.39 is 0 Å². The van der Waals surface area contributed by atoms with Gasteiger partial charge in [0.25, 0.3) is 5.91 Å². The zero-order chi connectivity index (χ0) is 28.6. The molecular formula is C33H36N4O3S. The summed E-state index contributed by atoms with van der Waals surface area (Å²) in [6.45, 7) is 2.49. The summed E-state index contributed by atoms with van der Waals surface area (Å²) in [5.41, 5.74) is 4.98. The Morgan fingerprint density at radius 2 is 1.59 bits per heavy atom. The summed E-state index contributed by atoms with van der Waals surface area (Å²) in [6, 6.07) is 26.2. The highest BCUT2D eigenvalue weighted by atomic mass is 32.2. The van der Waals surface area contributed by atoms with Crippen molar-refractivity contribution in [3.63, 3.8) is 0 Å². The second-order valence-electron chi connectivity index (χ2n) is 10.1. The highest BCUT2D eigenvalue weighted by Crippen LogP contribution is 2.29. The lowest BCUT2D eigenvalue weighted by atomic mass is 10.1. The van der Waals surface area contributed by atoms with Crippen LogP contribution in [0.15, 0.2) is 84.0 Å². The van der Waals surface area contributed by atoms with Crippen LogP contribution in [0, 0.1) is 0 Å². The van der Waals surface area contributed by atoms with Crippen LogP contribution in [-0.2, 0) is 12.2 Å². The van der Waals surface area contributed by atoms with Gasteiger partial charge in [-0.15, -0.1) is 0 Å². The summed E-state index contributed by atoms with van der Waals surface area (Å²) in [4.78, 5) is 26.6. The third-order valence-electron chi connectivity index (χ3n) is 7.30. The molecule has 0 spiro atoms. The Morgan fingerprint density at radius 1 is 0.878 bits per heavy atom. The van der Waals surface area contributed by atoms with Crippen LogP contribution in [0.3, 0.4) is 0 Å². The van der Waals surface area contributed by atoms with E-state index in [-0.39, 0.29) is 5.91 Å². The third kappa shape index (κ3) is 7.19. The number of ether oxygens (including phenoxy) is 2. The maximum atomic E-state index is 12.7. The van der Waals surface area contributed by atoms with Crippen molar-refractivity contribution < 1.29 is 14.3 Å². The van der Waals surface area contributed by atoms with E-state index in [1.54, 1.807) is 26.0 Å². The summed E-state index contributed by atoms with van der Waals surface area (Å²) in [5, 5.41) is 0.719. The van der Waals surface area contributed by atoms with Crippen molar-refractivity contribution in [1.82, 2.24) is 14.9 Å². The molecule has 212 valence electrons. The lowest BCUT2D eigenvalue weighted by molar-refractivity contribution is 0.0793. The Hall–Kier alpha value is -4.04. The monoisotopic (exact) mass is 568 g/mol. The fourth-order valence-electron chi connectivity index (χ4n) is 4.87. The predicted octanol–water partition coefficient (Wildman–Crippen LogP) is 6.37. The summed E-state index contributed by atoms with van der Waals surface area (Å²) >= 11 is 1.60. The van der Waals surface area contributed by atoms with E-state index in [2.05, 4.69) is 30.1 Å². The van der Waals surface area contributed by atoms with Crippen LogP contribution < -0.4 is 14.4 Å². The van der Waals surface area contributed by atoms with Crippen molar-refractivity contribution in [1.29, 1.82) is 0 Å². The standard InChI is InChI=1S/C33H36N4O3S/c1-36(20-17-24-13-16-29(39-2)30(21-24)40-3)31-22-28(26-9-5-4-6-10-26)34-33(35-31)41-23-25-11-14-27(15-12-25)32(38)37-18-7-8-19-37/h4-6,9-16,21-22H,7-8,17-20,23H2,1-3H3. The molecule has 3 aromatic carbocycles. The lowest BCUT2D eigenvalue weighted by Crippen LogP contribution is -2.27. The molecule has 0 radical (unpaired) electrons. The molecular weight excluding hydrogens is 532 g/mol. The van der Waals surface area contributed by atoms with Gasteiger partial charge in [0, 0.05) is 49.6 Å². The summed E-state index contributed by atoms with van der Waals surface area (Å²) in [5.74, 6) is 3.16. The van der Waals surface area contributed by atoms with Gasteiger partial charge in [0.15, 0.2) is 16.7 Å². The van der Waals surface area contributed by atoms with Gasteiger partial charge in [0.05, 0.1) is 19.9 Å². The molecule has 1 amide bonds. The Balaban J connectivity index is 1.30. The number of likely N-dealkylation sites (N-methyl/N-ethyl adjacent to an activating group) is 1. The molecule has 0 saturated carbocycles. The second-order valence-corrected chi connectivity index (χ2v) is 11.0. The van der Waals surface area contributed by atoms with Crippen molar-refractivity contribution >= 4 is 23.5 Å². The minimum absolute atomic E-state index is 0.126. The number of carbonyl (C=O) groups excluding carboxylic acids is 1. The van der Waals surface area contributed by atoms with E-state index in [1.807, 2.05) is 65.6 Å². The van der Waals surface area contributed by atoms with Crippen LogP contribution in [0.5, 0.6) is 11.5 Å². The predicted molar refractivity (Wildman–Crippen MR) is 165 cm³/mol. The SMILES string of the molecule is COc1ccc(CCN(C)c2cc(-c3ccccc3)nc(SCc3ccc(C(=O)N4CCCC4)cc3)n2)cc1OC. The van der Waals surface area contributed by atoms with Crippen molar-refractivity contribution in [3.8, 4) is 22.8 Å². The molecule has 1 saturated heterocycles. The van der Waals surface area contributed by atoms with Gasteiger partial charge in [-0.2, -0.15) is 0 Å². The average Bonchev–Trinajstić information content (AvgIpc) is 3.58. The first-order valence-corrected chi connectivity index (χ1v) is 14.9. The minimum Gasteiger partial charge on any atom is -0.493 e. The van der Waals surface area contributed by atoms with Gasteiger partial charge in [-0.1, -0.05) is 60.3 Å². The molecule has 0 bridgehead atoms. The van der Waals surface area contributed by atoms with Crippen LogP contribution in [0.1, 0.15) is 34.3 Å². The van der Waals surface area contributed by atoms with E-state index in [0.717, 1.165) is 89.3 Å². The molecule has 1 aromatic heterocycles. The normalized spacial score (nSPS) is 12.8. The molecule has 4 aromatic rings. The van der Waals surface area contributed by atoms with Gasteiger partial charge >= 0.3 is 0 Å². The smallest absolute Gasteiger partial charge is 0.253 e. The molecule has 0 aliphatic carbocycles. The maximum Gasteiger partial charge on any atom is 0.253 e. The van der Waals surface area contributed by atoms with E-state index in [0.29, 0.717) is 5.75 Å². The molecule has 0 unspecified atom stereocenters. The molecule has 1 fully saturated rings. The van der Waals surface area contributed by atoms with Crippen LogP contribution in [0.2, 0.25) is 0 Å². The van der Waals surface area contributed by atoms with Crippen molar-refractivity contribution in [3.05, 3.63) is 95.6 Å². The number of aromatic nitrogens is 2. The first-order chi connectivity index (χ1) is 20.0. The number of carbonyl (C=O) groups is 1. The number of amides is 1. The first-order valence-electron chi connectivity index (χ1n) is 13.9. The van der Waals surface area contributed by atoms with Crippen LogP contribution in [0.4, 0.5) is 5.82 Å². The number of thioether (sulfide) groups is 1. The van der Waals surface area contributed by atoms with E-state index in [4.69, 9.17) is 19.4 Å². The number of hydrogen-bond donors (Lipinski definition) is 0. The number of methoxy groups -OCH3 is 2. The molecule has 5 rings (SSSR count). The number of benzene rings is 3. The van der Waals surface area contributed by atoms with Crippen molar-refractivity contribution in [2.45, 2.75) is 30.2 Å². The van der Waals surface area contributed by atoms with Gasteiger partial charge in [-0.3, -0.25) is 4.79 Å². The highest BCUT2D eigenvalue weighted by molar-refractivity contribution is 7.98. The molecule has 7 nitrogen and oxygen atoms in total. The number of rotatable bonds is 11. The molecule has 0 N–H and O–H groups in total. The van der Waals surface area contributed by atoms with Gasteiger partial charge in [-0.25, -0.2) is 9.97 Å². The second kappa shape index (κ2) is 13.5. The van der Waals surface area contributed by atoms with E-state index in [1.165, 1.54) is 0 Å². The maximum absolute atomic E-state index is 12.7. The van der Waals surface area contributed by atoms with E-state index in [9.17, 15) is 4.79 Å². The van der Waals surface area contributed by atoms with Crippen molar-refractivity contribution in [2.24, 2.45) is 0 Å². The number of likely N-dealkylation sites (tertiary alicyclic amines) is 1. The van der Waals surface area contributed by atoms with E-state index >= 15 is 0 Å². The summed E-state index contributed by atoms with van der Waals surface area (Å²) < 4.78 is 10.8. The Labute approximate surface area is 246 Å². The van der Waals surface area contributed by atoms with Gasteiger partial charge < -0.3 is 19.3 Å².